The van der Waals surface area contributed by atoms with Crippen LogP contribution in [0.2, 0.25) is 0 Å². The zero-order valence-corrected chi connectivity index (χ0v) is 13.5. The molecule has 0 aromatic heterocycles. The number of carboxylic acid groups (broad SMARTS) is 1. The van der Waals surface area contributed by atoms with E-state index in [-0.39, 0.29) is 30.9 Å². The fraction of sp³-hybridized carbons (Fsp3) is 0.471. The third-order valence-electron chi connectivity index (χ3n) is 5.06. The number of carbonyl (C=O) groups is 3. The summed E-state index contributed by atoms with van der Waals surface area (Å²) >= 11 is 0. The van der Waals surface area contributed by atoms with Gasteiger partial charge in [-0.05, 0) is 38.1 Å². The monoisotopic (exact) mass is 346 g/mol. The van der Waals surface area contributed by atoms with Crippen LogP contribution in [0.15, 0.2) is 18.2 Å². The average molecular weight is 346 g/mol. The van der Waals surface area contributed by atoms with E-state index in [1.807, 2.05) is 4.90 Å². The van der Waals surface area contributed by atoms with Crippen molar-refractivity contribution < 1.29 is 29.0 Å². The van der Waals surface area contributed by atoms with Crippen molar-refractivity contribution in [1.29, 1.82) is 0 Å². The van der Waals surface area contributed by atoms with Gasteiger partial charge in [-0.2, -0.15) is 0 Å². The summed E-state index contributed by atoms with van der Waals surface area (Å²) < 4.78 is 10.6. The maximum Gasteiger partial charge on any atom is 0.306 e. The first-order chi connectivity index (χ1) is 12.0. The van der Waals surface area contributed by atoms with Crippen molar-refractivity contribution >= 4 is 23.5 Å². The second-order valence-electron chi connectivity index (χ2n) is 6.47. The number of imide groups is 1. The molecule has 2 saturated heterocycles. The molecule has 3 aliphatic rings. The summed E-state index contributed by atoms with van der Waals surface area (Å²) in [6.07, 6.45) is 1.11. The minimum atomic E-state index is -0.796. The number of fused-ring (bicyclic) bond motifs is 1. The zero-order chi connectivity index (χ0) is 17.6. The number of anilines is 1. The number of likely N-dealkylation sites (tertiary alicyclic amines) is 1. The Bertz CT molecular complexity index is 741. The molecule has 132 valence electrons. The first-order valence-electron chi connectivity index (χ1n) is 8.28. The molecular formula is C17H18N2O6. The molecule has 0 bridgehead atoms. The number of hydrogen-bond acceptors (Lipinski definition) is 6. The number of rotatable bonds is 3. The van der Waals surface area contributed by atoms with E-state index >= 15 is 0 Å². The number of ether oxygens (including phenoxy) is 2. The Labute approximate surface area is 143 Å². The van der Waals surface area contributed by atoms with Gasteiger partial charge in [0.25, 0.3) is 5.91 Å². The molecular weight excluding hydrogens is 328 g/mol. The second kappa shape index (κ2) is 6.03. The minimum Gasteiger partial charge on any atom is -0.481 e. The SMILES string of the molecule is O=C(O)C1CCN(C2CC(=O)N(c3ccc4c(c3)OCO4)C2=O)CC1. The molecule has 0 spiro atoms. The average Bonchev–Trinajstić information content (AvgIpc) is 3.18. The maximum atomic E-state index is 12.8. The molecule has 1 unspecified atom stereocenters. The van der Waals surface area contributed by atoms with E-state index in [2.05, 4.69) is 0 Å². The lowest BCUT2D eigenvalue weighted by Gasteiger charge is -2.33. The van der Waals surface area contributed by atoms with Crippen LogP contribution in [0.25, 0.3) is 0 Å². The number of aliphatic carboxylic acids is 1. The standard InChI is InChI=1S/C17H18N2O6/c20-15-8-12(18-5-3-10(4-6-18)17(22)23)16(21)19(15)11-1-2-13-14(7-11)25-9-24-13/h1-2,7,10,12H,3-6,8-9H2,(H,22,23). The van der Waals surface area contributed by atoms with Crippen LogP contribution in [0.4, 0.5) is 5.69 Å². The van der Waals surface area contributed by atoms with Gasteiger partial charge in [0.15, 0.2) is 11.5 Å². The van der Waals surface area contributed by atoms with Crippen LogP contribution < -0.4 is 14.4 Å². The molecule has 0 aliphatic carbocycles. The molecule has 0 saturated carbocycles. The van der Waals surface area contributed by atoms with E-state index in [1.165, 1.54) is 4.90 Å². The normalized spacial score (nSPS) is 24.2. The third kappa shape index (κ3) is 2.72. The van der Waals surface area contributed by atoms with Gasteiger partial charge in [-0.3, -0.25) is 19.3 Å². The first-order valence-corrected chi connectivity index (χ1v) is 8.28. The zero-order valence-electron chi connectivity index (χ0n) is 13.5. The van der Waals surface area contributed by atoms with Crippen LogP contribution in [-0.2, 0) is 14.4 Å². The summed E-state index contributed by atoms with van der Waals surface area (Å²) in [5.41, 5.74) is 0.474. The van der Waals surface area contributed by atoms with Gasteiger partial charge in [0.05, 0.1) is 24.1 Å². The van der Waals surface area contributed by atoms with Crippen molar-refractivity contribution in [2.24, 2.45) is 5.92 Å². The number of nitrogens with zero attached hydrogens (tertiary/aromatic N) is 2. The smallest absolute Gasteiger partial charge is 0.306 e. The molecule has 4 rings (SSSR count). The van der Waals surface area contributed by atoms with E-state index in [9.17, 15) is 14.4 Å². The summed E-state index contributed by atoms with van der Waals surface area (Å²) in [7, 11) is 0. The lowest BCUT2D eigenvalue weighted by atomic mass is 9.96. The Kier molecular flexibility index (Phi) is 3.84. The highest BCUT2D eigenvalue weighted by Crippen LogP contribution is 2.37. The Balaban J connectivity index is 1.50. The second-order valence-corrected chi connectivity index (χ2v) is 6.47. The molecule has 8 nitrogen and oxygen atoms in total. The van der Waals surface area contributed by atoms with Crippen LogP contribution in [0, 0.1) is 5.92 Å². The van der Waals surface area contributed by atoms with Crippen molar-refractivity contribution in [3.8, 4) is 11.5 Å². The molecule has 3 heterocycles. The van der Waals surface area contributed by atoms with Crippen LogP contribution >= 0.6 is 0 Å². The molecule has 2 amide bonds. The number of piperidine rings is 1. The largest absolute Gasteiger partial charge is 0.481 e. The highest BCUT2D eigenvalue weighted by molar-refractivity contribution is 6.22. The van der Waals surface area contributed by atoms with Gasteiger partial charge in [0, 0.05) is 6.07 Å². The molecule has 1 N–H and O–H groups in total. The maximum absolute atomic E-state index is 12.8. The van der Waals surface area contributed by atoms with Gasteiger partial charge < -0.3 is 14.6 Å². The highest BCUT2D eigenvalue weighted by atomic mass is 16.7. The molecule has 1 atom stereocenters. The highest BCUT2D eigenvalue weighted by Gasteiger charge is 2.44. The number of carboxylic acids is 1. The minimum absolute atomic E-state index is 0.116. The summed E-state index contributed by atoms with van der Waals surface area (Å²) in [5, 5.41) is 9.08. The van der Waals surface area contributed by atoms with Gasteiger partial charge in [-0.25, -0.2) is 4.90 Å². The predicted octanol–water partition coefficient (Wildman–Crippen LogP) is 0.844. The van der Waals surface area contributed by atoms with E-state index in [0.29, 0.717) is 43.1 Å². The number of amides is 2. The fourth-order valence-electron chi connectivity index (χ4n) is 3.65. The number of hydrogen-bond donors (Lipinski definition) is 1. The van der Waals surface area contributed by atoms with Gasteiger partial charge in [0.2, 0.25) is 12.7 Å². The van der Waals surface area contributed by atoms with Gasteiger partial charge >= 0.3 is 5.97 Å². The lowest BCUT2D eigenvalue weighted by Crippen LogP contribution is -2.46. The van der Waals surface area contributed by atoms with Crippen molar-refractivity contribution in [3.63, 3.8) is 0 Å². The Hall–Kier alpha value is -2.61. The molecule has 8 heteroatoms. The van der Waals surface area contributed by atoms with Crippen molar-refractivity contribution in [1.82, 2.24) is 4.90 Å². The van der Waals surface area contributed by atoms with E-state index in [1.54, 1.807) is 18.2 Å². The van der Waals surface area contributed by atoms with Crippen molar-refractivity contribution in [2.75, 3.05) is 24.8 Å². The van der Waals surface area contributed by atoms with E-state index in [0.717, 1.165) is 0 Å². The molecule has 0 radical (unpaired) electrons. The Morgan fingerprint density at radius 2 is 1.84 bits per heavy atom. The third-order valence-corrected chi connectivity index (χ3v) is 5.06. The van der Waals surface area contributed by atoms with Crippen LogP contribution in [0.1, 0.15) is 19.3 Å². The predicted molar refractivity (Wildman–Crippen MR) is 85.4 cm³/mol. The summed E-state index contributed by atoms with van der Waals surface area (Å²) in [6, 6.07) is 4.47. The molecule has 2 fully saturated rings. The number of carbonyl (C=O) groups excluding carboxylic acids is 2. The Morgan fingerprint density at radius 3 is 2.56 bits per heavy atom. The summed E-state index contributed by atoms with van der Waals surface area (Å²) in [6.45, 7) is 1.15. The fourth-order valence-corrected chi connectivity index (χ4v) is 3.65. The van der Waals surface area contributed by atoms with Crippen LogP contribution in [0.3, 0.4) is 0 Å². The molecule has 3 aliphatic heterocycles. The van der Waals surface area contributed by atoms with Gasteiger partial charge in [-0.15, -0.1) is 0 Å². The topological polar surface area (TPSA) is 96.4 Å². The summed E-state index contributed by atoms with van der Waals surface area (Å²) in [4.78, 5) is 39.4. The Morgan fingerprint density at radius 1 is 1.12 bits per heavy atom. The number of benzene rings is 1. The van der Waals surface area contributed by atoms with Crippen molar-refractivity contribution in [2.45, 2.75) is 25.3 Å². The molecule has 1 aromatic carbocycles. The quantitative estimate of drug-likeness (QED) is 0.810. The van der Waals surface area contributed by atoms with Gasteiger partial charge in [-0.1, -0.05) is 0 Å². The van der Waals surface area contributed by atoms with Crippen molar-refractivity contribution in [3.05, 3.63) is 18.2 Å². The van der Waals surface area contributed by atoms with Crippen LogP contribution in [0.5, 0.6) is 11.5 Å². The summed E-state index contributed by atoms with van der Waals surface area (Å²) in [5.74, 6) is -0.574. The lowest BCUT2D eigenvalue weighted by molar-refractivity contribution is -0.143. The van der Waals surface area contributed by atoms with Crippen LogP contribution in [-0.4, -0.2) is 53.7 Å². The first kappa shape index (κ1) is 15.9. The van der Waals surface area contributed by atoms with Gasteiger partial charge in [0.1, 0.15) is 0 Å². The van der Waals surface area contributed by atoms with E-state index in [4.69, 9.17) is 14.6 Å². The molecule has 25 heavy (non-hydrogen) atoms. The molecule has 1 aromatic rings. The van der Waals surface area contributed by atoms with E-state index < -0.39 is 12.0 Å².